The van der Waals surface area contributed by atoms with Gasteiger partial charge >= 0.3 is 5.97 Å². The number of carbonyl (C=O) groups excluding carboxylic acids is 1. The maximum atomic E-state index is 13.6. The van der Waals surface area contributed by atoms with E-state index in [4.69, 9.17) is 0 Å². The van der Waals surface area contributed by atoms with E-state index in [0.29, 0.717) is 5.56 Å². The van der Waals surface area contributed by atoms with Crippen molar-refractivity contribution in [2.24, 2.45) is 0 Å². The van der Waals surface area contributed by atoms with Gasteiger partial charge in [-0.15, -0.1) is 0 Å². The first-order valence-electron chi connectivity index (χ1n) is 5.02. The van der Waals surface area contributed by atoms with Crippen LogP contribution in [-0.2, 0) is 4.74 Å². The number of hydrogen-bond donors (Lipinski definition) is 0. The van der Waals surface area contributed by atoms with Gasteiger partial charge in [0, 0.05) is 11.8 Å². The molecule has 86 valence electrons. The monoisotopic (exact) mass is 231 g/mol. The average molecular weight is 231 g/mol. The Balaban J connectivity index is 2.62. The van der Waals surface area contributed by atoms with Crippen LogP contribution in [0.25, 0.3) is 11.1 Å². The normalized spacial score (nSPS) is 10.0. The fraction of sp³-hybridized carbons (Fsp3) is 0.0769. The van der Waals surface area contributed by atoms with E-state index < -0.39 is 11.9 Å². The number of rotatable bonds is 2. The highest BCUT2D eigenvalue weighted by molar-refractivity contribution is 5.97. The predicted molar refractivity (Wildman–Crippen MR) is 61.0 cm³/mol. The second kappa shape index (κ2) is 4.74. The van der Waals surface area contributed by atoms with Crippen molar-refractivity contribution in [3.63, 3.8) is 0 Å². The first-order valence-corrected chi connectivity index (χ1v) is 5.02. The third kappa shape index (κ3) is 2.15. The molecule has 0 bridgehead atoms. The summed E-state index contributed by atoms with van der Waals surface area (Å²) in [6.07, 6.45) is 1.32. The summed E-state index contributed by atoms with van der Waals surface area (Å²) in [5.41, 5.74) is 1.08. The minimum Gasteiger partial charge on any atom is -0.465 e. The summed E-state index contributed by atoms with van der Waals surface area (Å²) in [6, 6.07) is 10.6. The van der Waals surface area contributed by atoms with Crippen molar-refractivity contribution in [1.82, 2.24) is 4.98 Å². The molecule has 1 heterocycles. The molecule has 0 N–H and O–H groups in total. The number of nitrogens with zero attached hydrogens (tertiary/aromatic N) is 1. The maximum absolute atomic E-state index is 13.6. The Kier molecular flexibility index (Phi) is 3.14. The molecule has 0 aliphatic carbocycles. The van der Waals surface area contributed by atoms with Crippen LogP contribution in [-0.4, -0.2) is 18.1 Å². The Morgan fingerprint density at radius 3 is 2.59 bits per heavy atom. The van der Waals surface area contributed by atoms with Gasteiger partial charge in [0.05, 0.1) is 7.11 Å². The number of hydrogen-bond acceptors (Lipinski definition) is 3. The average Bonchev–Trinajstić information content (AvgIpc) is 2.38. The van der Waals surface area contributed by atoms with E-state index in [1.807, 2.05) is 18.2 Å². The molecule has 2 aromatic rings. The molecule has 0 atom stereocenters. The minimum absolute atomic E-state index is 0.138. The molecule has 0 spiro atoms. The number of methoxy groups -OCH3 is 1. The highest BCUT2D eigenvalue weighted by Crippen LogP contribution is 2.24. The SMILES string of the molecule is COC(=O)c1c(-c2ccccc2)ccnc1F. The lowest BCUT2D eigenvalue weighted by Gasteiger charge is -2.07. The van der Waals surface area contributed by atoms with Crippen LogP contribution in [0.1, 0.15) is 10.4 Å². The predicted octanol–water partition coefficient (Wildman–Crippen LogP) is 2.67. The second-order valence-electron chi connectivity index (χ2n) is 3.38. The zero-order valence-electron chi connectivity index (χ0n) is 9.18. The van der Waals surface area contributed by atoms with E-state index in [-0.39, 0.29) is 5.56 Å². The molecule has 0 unspecified atom stereocenters. The number of esters is 1. The molecule has 1 aromatic heterocycles. The van der Waals surface area contributed by atoms with Crippen molar-refractivity contribution >= 4 is 5.97 Å². The first-order chi connectivity index (χ1) is 8.24. The van der Waals surface area contributed by atoms with Crippen LogP contribution >= 0.6 is 0 Å². The van der Waals surface area contributed by atoms with Crippen LogP contribution in [0.4, 0.5) is 4.39 Å². The quantitative estimate of drug-likeness (QED) is 0.589. The summed E-state index contributed by atoms with van der Waals surface area (Å²) in [6.45, 7) is 0. The largest absolute Gasteiger partial charge is 0.465 e. The summed E-state index contributed by atoms with van der Waals surface area (Å²) in [5.74, 6) is -1.55. The second-order valence-corrected chi connectivity index (χ2v) is 3.38. The summed E-state index contributed by atoms with van der Waals surface area (Å²) in [7, 11) is 1.21. The Morgan fingerprint density at radius 1 is 1.24 bits per heavy atom. The van der Waals surface area contributed by atoms with Crippen molar-refractivity contribution in [2.45, 2.75) is 0 Å². The Morgan fingerprint density at radius 2 is 1.94 bits per heavy atom. The van der Waals surface area contributed by atoms with Gasteiger partial charge in [0.15, 0.2) is 0 Å². The Bertz CT molecular complexity index is 540. The first kappa shape index (κ1) is 11.3. The molecule has 0 saturated carbocycles. The number of aromatic nitrogens is 1. The highest BCUT2D eigenvalue weighted by atomic mass is 19.1. The fourth-order valence-electron chi connectivity index (χ4n) is 1.59. The maximum Gasteiger partial charge on any atom is 0.343 e. The summed E-state index contributed by atoms with van der Waals surface area (Å²) in [4.78, 5) is 15.0. The Labute approximate surface area is 97.9 Å². The molecule has 3 nitrogen and oxygen atoms in total. The van der Waals surface area contributed by atoms with Gasteiger partial charge < -0.3 is 4.74 Å². The summed E-state index contributed by atoms with van der Waals surface area (Å²) < 4.78 is 18.1. The lowest BCUT2D eigenvalue weighted by atomic mass is 10.0. The number of pyridine rings is 1. The van der Waals surface area contributed by atoms with Crippen molar-refractivity contribution in [3.05, 3.63) is 54.1 Å². The van der Waals surface area contributed by atoms with Crippen LogP contribution in [0, 0.1) is 5.95 Å². The van der Waals surface area contributed by atoms with Gasteiger partial charge in [-0.1, -0.05) is 30.3 Å². The van der Waals surface area contributed by atoms with Gasteiger partial charge in [0.25, 0.3) is 0 Å². The molecule has 2 rings (SSSR count). The molecule has 0 aliphatic rings. The van der Waals surface area contributed by atoms with Crippen LogP contribution in [0.5, 0.6) is 0 Å². The highest BCUT2D eigenvalue weighted by Gasteiger charge is 2.19. The van der Waals surface area contributed by atoms with Gasteiger partial charge in [0.1, 0.15) is 5.56 Å². The van der Waals surface area contributed by atoms with Crippen LogP contribution in [0.2, 0.25) is 0 Å². The van der Waals surface area contributed by atoms with Gasteiger partial charge in [0.2, 0.25) is 5.95 Å². The molecular weight excluding hydrogens is 221 g/mol. The number of halogens is 1. The van der Waals surface area contributed by atoms with Gasteiger partial charge in [-0.2, -0.15) is 4.39 Å². The third-order valence-corrected chi connectivity index (χ3v) is 2.38. The molecule has 17 heavy (non-hydrogen) atoms. The summed E-state index contributed by atoms with van der Waals surface area (Å²) >= 11 is 0. The van der Waals surface area contributed by atoms with Crippen molar-refractivity contribution in [2.75, 3.05) is 7.11 Å². The van der Waals surface area contributed by atoms with E-state index in [0.717, 1.165) is 5.56 Å². The lowest BCUT2D eigenvalue weighted by Crippen LogP contribution is -2.08. The molecule has 0 amide bonds. The number of ether oxygens (including phenoxy) is 1. The molecule has 0 fully saturated rings. The molecule has 0 aliphatic heterocycles. The van der Waals surface area contributed by atoms with Crippen molar-refractivity contribution in [1.29, 1.82) is 0 Å². The Hall–Kier alpha value is -2.23. The lowest BCUT2D eigenvalue weighted by molar-refractivity contribution is 0.0595. The van der Waals surface area contributed by atoms with Gasteiger partial charge in [-0.25, -0.2) is 9.78 Å². The fourth-order valence-corrected chi connectivity index (χ4v) is 1.59. The molecule has 1 aromatic carbocycles. The van der Waals surface area contributed by atoms with Crippen LogP contribution in [0.15, 0.2) is 42.6 Å². The van der Waals surface area contributed by atoms with Crippen molar-refractivity contribution in [3.8, 4) is 11.1 Å². The minimum atomic E-state index is -0.821. The molecular formula is C13H10FNO2. The van der Waals surface area contributed by atoms with Crippen molar-refractivity contribution < 1.29 is 13.9 Å². The van der Waals surface area contributed by atoms with E-state index in [2.05, 4.69) is 9.72 Å². The van der Waals surface area contributed by atoms with Gasteiger partial charge in [-0.05, 0) is 11.6 Å². The standard InChI is InChI=1S/C13H10FNO2/c1-17-13(16)11-10(7-8-15-12(11)14)9-5-3-2-4-6-9/h2-8H,1H3. The third-order valence-electron chi connectivity index (χ3n) is 2.38. The topological polar surface area (TPSA) is 39.2 Å². The van der Waals surface area contributed by atoms with Crippen LogP contribution in [0.3, 0.4) is 0 Å². The summed E-state index contributed by atoms with van der Waals surface area (Å²) in [5, 5.41) is 0. The zero-order chi connectivity index (χ0) is 12.3. The van der Waals surface area contributed by atoms with Crippen LogP contribution < -0.4 is 0 Å². The zero-order valence-corrected chi connectivity index (χ0v) is 9.18. The molecule has 0 saturated heterocycles. The molecule has 0 radical (unpaired) electrons. The van der Waals surface area contributed by atoms with Gasteiger partial charge in [-0.3, -0.25) is 0 Å². The van der Waals surface area contributed by atoms with E-state index in [1.165, 1.54) is 13.3 Å². The van der Waals surface area contributed by atoms with E-state index >= 15 is 0 Å². The number of carbonyl (C=O) groups is 1. The van der Waals surface area contributed by atoms with E-state index in [9.17, 15) is 9.18 Å². The molecule has 4 heteroatoms. The number of benzene rings is 1. The smallest absolute Gasteiger partial charge is 0.343 e. The van der Waals surface area contributed by atoms with E-state index in [1.54, 1.807) is 18.2 Å².